The minimum absolute atomic E-state index is 0.723. The lowest BCUT2D eigenvalue weighted by Crippen LogP contribution is -2.64. The number of hydrogen-bond acceptors (Lipinski definition) is 12. The van der Waals surface area contributed by atoms with E-state index in [1.54, 1.807) is 0 Å². The van der Waals surface area contributed by atoms with Crippen molar-refractivity contribution in [3.63, 3.8) is 0 Å². The predicted molar refractivity (Wildman–Crippen MR) is 80.0 cm³/mol. The normalized spacial score (nSPS) is 45.6. The molecule has 2 rings (SSSR count). The summed E-state index contributed by atoms with van der Waals surface area (Å²) >= 11 is 0. The summed E-state index contributed by atoms with van der Waals surface area (Å²) in [5, 5.41) is 77.0. The molecule has 158 valence electrons. The van der Waals surface area contributed by atoms with E-state index in [4.69, 9.17) is 24.1 Å². The Kier molecular flexibility index (Phi) is 7.84. The highest BCUT2D eigenvalue weighted by molar-refractivity contribution is 5.68. The minimum atomic E-state index is -1.78. The van der Waals surface area contributed by atoms with Gasteiger partial charge in [0.25, 0.3) is 0 Å². The fourth-order valence-electron chi connectivity index (χ4n) is 2.92. The summed E-state index contributed by atoms with van der Waals surface area (Å²) in [6.45, 7) is -2.31. The highest BCUT2D eigenvalue weighted by atomic mass is 16.7. The van der Waals surface area contributed by atoms with Gasteiger partial charge in [-0.2, -0.15) is 0 Å². The van der Waals surface area contributed by atoms with Crippen LogP contribution in [0.4, 0.5) is 0 Å². The molecule has 2 fully saturated rings. The number of aliphatic hydroxyl groups is 7. The van der Waals surface area contributed by atoms with Crippen molar-refractivity contribution >= 4 is 5.97 Å². The molecular weight excluding hydrogens is 376 g/mol. The van der Waals surface area contributed by atoms with Gasteiger partial charge in [-0.3, -0.25) is 0 Å². The summed E-state index contributed by atoms with van der Waals surface area (Å²) < 4.78 is 20.4. The van der Waals surface area contributed by atoms with Crippen LogP contribution < -0.4 is 0 Å². The lowest BCUT2D eigenvalue weighted by Gasteiger charge is -2.46. The van der Waals surface area contributed by atoms with Gasteiger partial charge in [0.15, 0.2) is 12.6 Å². The SMILES string of the molecule is O=C(O)CO[C@H]1[C@@H](O)[C@@H](CO)O[C@@H](O[C@H]2[C@H](O)[C@@H](O)[C@H](O)O[C@@H]2CO)[C@@H]1O. The third kappa shape index (κ3) is 4.90. The third-order valence-corrected chi connectivity index (χ3v) is 4.35. The van der Waals surface area contributed by atoms with Crippen molar-refractivity contribution in [2.75, 3.05) is 19.8 Å². The molecule has 0 spiro atoms. The van der Waals surface area contributed by atoms with Crippen LogP contribution in [0.3, 0.4) is 0 Å². The van der Waals surface area contributed by atoms with E-state index in [-0.39, 0.29) is 0 Å². The van der Waals surface area contributed by atoms with E-state index < -0.39 is 87.2 Å². The number of carboxylic acids is 1. The molecule has 27 heavy (non-hydrogen) atoms. The number of aliphatic hydroxyl groups excluding tert-OH is 7. The molecule has 0 unspecified atom stereocenters. The van der Waals surface area contributed by atoms with Gasteiger partial charge >= 0.3 is 5.97 Å². The molecule has 0 radical (unpaired) electrons. The number of carbonyl (C=O) groups is 1. The molecule has 10 atom stereocenters. The topological polar surface area (TPSA) is 216 Å². The van der Waals surface area contributed by atoms with Crippen LogP contribution in [0.15, 0.2) is 0 Å². The van der Waals surface area contributed by atoms with Crippen LogP contribution in [-0.2, 0) is 23.7 Å². The van der Waals surface area contributed by atoms with Crippen molar-refractivity contribution in [2.45, 2.75) is 61.4 Å². The van der Waals surface area contributed by atoms with Crippen molar-refractivity contribution in [1.82, 2.24) is 0 Å². The summed E-state index contributed by atoms with van der Waals surface area (Å²) in [5.74, 6) is -1.37. The summed E-state index contributed by atoms with van der Waals surface area (Å²) in [6.07, 6.45) is -15.9. The van der Waals surface area contributed by atoms with Crippen molar-refractivity contribution in [3.05, 3.63) is 0 Å². The van der Waals surface area contributed by atoms with Gasteiger partial charge in [0.1, 0.15) is 55.4 Å². The fourth-order valence-corrected chi connectivity index (χ4v) is 2.92. The van der Waals surface area contributed by atoms with Gasteiger partial charge in [0, 0.05) is 0 Å². The Balaban J connectivity index is 2.15. The lowest BCUT2D eigenvalue weighted by molar-refractivity contribution is -0.357. The molecule has 0 aliphatic carbocycles. The van der Waals surface area contributed by atoms with E-state index in [1.807, 2.05) is 0 Å². The van der Waals surface area contributed by atoms with Gasteiger partial charge < -0.3 is 59.8 Å². The first kappa shape index (κ1) is 22.3. The zero-order valence-electron chi connectivity index (χ0n) is 14.0. The van der Waals surface area contributed by atoms with Gasteiger partial charge in [-0.1, -0.05) is 0 Å². The van der Waals surface area contributed by atoms with Gasteiger partial charge in [0.05, 0.1) is 13.2 Å². The van der Waals surface area contributed by atoms with E-state index in [0.29, 0.717) is 0 Å². The average molecular weight is 400 g/mol. The molecule has 0 saturated carbocycles. The molecule has 0 aromatic heterocycles. The smallest absolute Gasteiger partial charge is 0.329 e. The van der Waals surface area contributed by atoms with Crippen LogP contribution in [-0.4, -0.2) is 128 Å². The van der Waals surface area contributed by atoms with E-state index in [2.05, 4.69) is 0 Å². The van der Waals surface area contributed by atoms with E-state index in [0.717, 1.165) is 0 Å². The third-order valence-electron chi connectivity index (χ3n) is 4.35. The highest BCUT2D eigenvalue weighted by Gasteiger charge is 2.50. The molecule has 13 nitrogen and oxygen atoms in total. The largest absolute Gasteiger partial charge is 0.480 e. The quantitative estimate of drug-likeness (QED) is 0.201. The Hall–Kier alpha value is -0.970. The molecule has 2 aliphatic rings. The van der Waals surface area contributed by atoms with Gasteiger partial charge in [0.2, 0.25) is 0 Å². The fraction of sp³-hybridized carbons (Fsp3) is 0.929. The van der Waals surface area contributed by atoms with Crippen molar-refractivity contribution in [2.24, 2.45) is 0 Å². The average Bonchev–Trinajstić information content (AvgIpc) is 2.63. The summed E-state index contributed by atoms with van der Waals surface area (Å²) in [7, 11) is 0. The van der Waals surface area contributed by atoms with Crippen LogP contribution in [0.25, 0.3) is 0 Å². The summed E-state index contributed by atoms with van der Waals surface area (Å²) in [5.41, 5.74) is 0. The molecule has 13 heteroatoms. The van der Waals surface area contributed by atoms with Gasteiger partial charge in [-0.15, -0.1) is 0 Å². The Morgan fingerprint density at radius 3 is 2.00 bits per heavy atom. The Bertz CT molecular complexity index is 488. The first-order valence-corrected chi connectivity index (χ1v) is 8.13. The molecule has 2 aliphatic heterocycles. The predicted octanol–water partition coefficient (Wildman–Crippen LogP) is -5.29. The van der Waals surface area contributed by atoms with Crippen LogP contribution in [0.1, 0.15) is 0 Å². The van der Waals surface area contributed by atoms with Crippen LogP contribution >= 0.6 is 0 Å². The Labute approximate surface area is 152 Å². The van der Waals surface area contributed by atoms with Crippen molar-refractivity contribution in [3.8, 4) is 0 Å². The first-order chi connectivity index (χ1) is 12.7. The second kappa shape index (κ2) is 9.49. The summed E-state index contributed by atoms with van der Waals surface area (Å²) in [6, 6.07) is 0. The zero-order chi connectivity index (χ0) is 20.3. The molecule has 0 aromatic rings. The molecule has 0 amide bonds. The van der Waals surface area contributed by atoms with E-state index >= 15 is 0 Å². The van der Waals surface area contributed by atoms with Crippen molar-refractivity contribution in [1.29, 1.82) is 0 Å². The van der Waals surface area contributed by atoms with E-state index in [1.165, 1.54) is 0 Å². The van der Waals surface area contributed by atoms with Crippen molar-refractivity contribution < 1.29 is 64.6 Å². The molecule has 2 saturated heterocycles. The second-order valence-electron chi connectivity index (χ2n) is 6.21. The number of ether oxygens (including phenoxy) is 4. The molecule has 2 heterocycles. The maximum absolute atomic E-state index is 10.7. The lowest BCUT2D eigenvalue weighted by atomic mass is 9.97. The Morgan fingerprint density at radius 1 is 0.815 bits per heavy atom. The number of carboxylic acid groups (broad SMARTS) is 1. The molecule has 0 bridgehead atoms. The summed E-state index contributed by atoms with van der Waals surface area (Å²) in [4.78, 5) is 10.7. The van der Waals surface area contributed by atoms with Gasteiger partial charge in [-0.25, -0.2) is 4.79 Å². The molecule has 0 aromatic carbocycles. The molecular formula is C14H24O13. The van der Waals surface area contributed by atoms with Crippen LogP contribution in [0.5, 0.6) is 0 Å². The molecule has 8 N–H and O–H groups in total. The standard InChI is InChI=1S/C14H24O13/c15-1-4-7(19)12(24-3-6(17)18)10(22)14(26-4)27-11-5(2-16)25-13(23)9(21)8(11)20/h4-5,7-16,19-23H,1-3H2,(H,17,18)/t4-,5-,7+,8-,9-,10-,11-,12+,13-,14+/m1/s1. The zero-order valence-corrected chi connectivity index (χ0v) is 14.0. The second-order valence-corrected chi connectivity index (χ2v) is 6.21. The maximum Gasteiger partial charge on any atom is 0.329 e. The number of aliphatic carboxylic acids is 1. The highest BCUT2D eigenvalue weighted by Crippen LogP contribution is 2.29. The van der Waals surface area contributed by atoms with Gasteiger partial charge in [-0.05, 0) is 0 Å². The van der Waals surface area contributed by atoms with Crippen LogP contribution in [0.2, 0.25) is 0 Å². The van der Waals surface area contributed by atoms with Crippen LogP contribution in [0, 0.1) is 0 Å². The monoisotopic (exact) mass is 400 g/mol. The number of rotatable bonds is 7. The Morgan fingerprint density at radius 2 is 1.44 bits per heavy atom. The number of hydrogen-bond donors (Lipinski definition) is 8. The van der Waals surface area contributed by atoms with E-state index in [9.17, 15) is 40.5 Å². The minimum Gasteiger partial charge on any atom is -0.480 e. The maximum atomic E-state index is 10.7. The first-order valence-electron chi connectivity index (χ1n) is 8.13.